The Balaban J connectivity index is 1.13. The van der Waals surface area contributed by atoms with E-state index in [0.29, 0.717) is 23.4 Å². The Hall–Kier alpha value is -2.60. The second-order valence-corrected chi connectivity index (χ2v) is 8.59. The largest absolute Gasteiger partial charge is 0.508 e. The number of piperazine rings is 1. The van der Waals surface area contributed by atoms with Crippen molar-refractivity contribution in [3.63, 3.8) is 0 Å². The van der Waals surface area contributed by atoms with E-state index in [0.717, 1.165) is 64.4 Å². The van der Waals surface area contributed by atoms with Gasteiger partial charge in [-0.05, 0) is 48.2 Å². The van der Waals surface area contributed by atoms with E-state index in [9.17, 15) is 9.50 Å². The van der Waals surface area contributed by atoms with Gasteiger partial charge >= 0.3 is 0 Å². The number of rotatable bonds is 4. The van der Waals surface area contributed by atoms with E-state index in [1.165, 1.54) is 17.2 Å². The smallest absolute Gasteiger partial charge is 0.146 e. The predicted molar refractivity (Wildman–Crippen MR) is 118 cm³/mol. The van der Waals surface area contributed by atoms with E-state index < -0.39 is 0 Å². The van der Waals surface area contributed by atoms with Gasteiger partial charge in [-0.3, -0.25) is 9.89 Å². The molecule has 0 spiro atoms. The normalized spacial score (nSPS) is 25.1. The van der Waals surface area contributed by atoms with Crippen LogP contribution < -0.4 is 10.2 Å². The van der Waals surface area contributed by atoms with Crippen LogP contribution in [0.5, 0.6) is 5.75 Å². The Morgan fingerprint density at radius 3 is 2.77 bits per heavy atom. The van der Waals surface area contributed by atoms with Gasteiger partial charge in [0.05, 0.1) is 18.1 Å². The highest BCUT2D eigenvalue weighted by molar-refractivity contribution is 5.86. The van der Waals surface area contributed by atoms with Crippen molar-refractivity contribution in [2.24, 2.45) is 4.99 Å². The minimum absolute atomic E-state index is 0.136. The molecule has 0 amide bonds. The summed E-state index contributed by atoms with van der Waals surface area (Å²) >= 11 is 0. The standard InChI is InChI=1S/C24H29FN4O/c25-21-3-1-2-4-23(21)29-13-11-28(12-14-29)10-9-26-24-16-20-19-7-6-18(30)15-17(19)5-8-22(20)27-24/h1-4,6-7,15,20,22,30H,5,8-14,16H2,(H,26,27)/t20-,22+/m0/s1. The zero-order valence-corrected chi connectivity index (χ0v) is 17.2. The lowest BCUT2D eigenvalue weighted by molar-refractivity contribution is 0.264. The number of anilines is 1. The fourth-order valence-electron chi connectivity index (χ4n) is 5.16. The maximum Gasteiger partial charge on any atom is 0.146 e. The van der Waals surface area contributed by atoms with Crippen LogP contribution in [-0.4, -0.2) is 61.2 Å². The number of aliphatic imine (C=N–C) groups is 1. The van der Waals surface area contributed by atoms with E-state index >= 15 is 0 Å². The van der Waals surface area contributed by atoms with Crippen LogP contribution >= 0.6 is 0 Å². The third kappa shape index (κ3) is 3.88. The summed E-state index contributed by atoms with van der Waals surface area (Å²) in [5.41, 5.74) is 3.36. The molecule has 6 heteroatoms. The summed E-state index contributed by atoms with van der Waals surface area (Å²) in [5, 5.41) is 13.4. The van der Waals surface area contributed by atoms with Crippen LogP contribution in [0.15, 0.2) is 47.5 Å². The van der Waals surface area contributed by atoms with E-state index in [1.807, 2.05) is 18.2 Å². The van der Waals surface area contributed by atoms with E-state index in [-0.39, 0.29) is 5.82 Å². The Morgan fingerprint density at radius 1 is 1.10 bits per heavy atom. The highest BCUT2D eigenvalue weighted by atomic mass is 19.1. The summed E-state index contributed by atoms with van der Waals surface area (Å²) in [6.07, 6.45) is 3.07. The molecule has 3 aliphatic rings. The number of hydrogen-bond donors (Lipinski definition) is 2. The molecule has 0 unspecified atom stereocenters. The van der Waals surface area contributed by atoms with Crippen molar-refractivity contribution in [2.45, 2.75) is 31.2 Å². The molecule has 0 aromatic heterocycles. The van der Waals surface area contributed by atoms with E-state index in [1.54, 1.807) is 12.1 Å². The summed E-state index contributed by atoms with van der Waals surface area (Å²) in [6, 6.07) is 13.3. The molecule has 5 rings (SSSR count). The van der Waals surface area contributed by atoms with Gasteiger partial charge in [0, 0.05) is 51.1 Å². The number of hydrogen-bond acceptors (Lipinski definition) is 4. The maximum absolute atomic E-state index is 14.0. The Bertz CT molecular complexity index is 939. The number of phenols is 1. The van der Waals surface area contributed by atoms with E-state index in [4.69, 9.17) is 4.99 Å². The molecule has 30 heavy (non-hydrogen) atoms. The van der Waals surface area contributed by atoms with Crippen molar-refractivity contribution in [1.82, 2.24) is 10.2 Å². The Labute approximate surface area is 177 Å². The molecule has 5 nitrogen and oxygen atoms in total. The molecule has 0 radical (unpaired) electrons. The number of benzene rings is 2. The number of nitrogens with zero attached hydrogens (tertiary/aromatic N) is 3. The number of amidine groups is 1. The number of phenolic OH excluding ortho intramolecular Hbond substituents is 1. The first-order valence-corrected chi connectivity index (χ1v) is 11.0. The van der Waals surface area contributed by atoms with Gasteiger partial charge in [0.1, 0.15) is 11.6 Å². The van der Waals surface area contributed by atoms with Gasteiger partial charge in [0.25, 0.3) is 0 Å². The monoisotopic (exact) mass is 408 g/mol. The van der Waals surface area contributed by atoms with Gasteiger partial charge in [-0.15, -0.1) is 0 Å². The first-order chi connectivity index (χ1) is 14.7. The maximum atomic E-state index is 14.0. The summed E-state index contributed by atoms with van der Waals surface area (Å²) < 4.78 is 14.0. The number of nitrogens with one attached hydrogen (secondary N) is 1. The molecule has 2 aliphatic heterocycles. The fraction of sp³-hybridized carbons (Fsp3) is 0.458. The van der Waals surface area contributed by atoms with Crippen molar-refractivity contribution in [2.75, 3.05) is 44.2 Å². The van der Waals surface area contributed by atoms with Crippen LogP contribution in [0.25, 0.3) is 0 Å². The number of para-hydroxylation sites is 1. The molecule has 2 heterocycles. The minimum atomic E-state index is -0.136. The number of fused-ring (bicyclic) bond motifs is 3. The molecule has 2 saturated heterocycles. The summed E-state index contributed by atoms with van der Waals surface area (Å²) in [7, 11) is 0. The average Bonchev–Trinajstić information content (AvgIpc) is 3.18. The SMILES string of the molecule is Oc1ccc2c(c1)CC[C@H]1NC(=NCCN3CCN(c4ccccc4F)CC3)C[C@@H]21. The summed E-state index contributed by atoms with van der Waals surface area (Å²) in [4.78, 5) is 9.42. The molecule has 158 valence electrons. The molecule has 2 N–H and O–H groups in total. The van der Waals surface area contributed by atoms with Crippen molar-refractivity contribution >= 4 is 11.5 Å². The quantitative estimate of drug-likeness (QED) is 0.816. The van der Waals surface area contributed by atoms with Crippen LogP contribution in [0.3, 0.4) is 0 Å². The van der Waals surface area contributed by atoms with Gasteiger partial charge in [-0.2, -0.15) is 0 Å². The van der Waals surface area contributed by atoms with Crippen LogP contribution in [-0.2, 0) is 6.42 Å². The van der Waals surface area contributed by atoms with Crippen molar-refractivity contribution in [3.05, 3.63) is 59.4 Å². The summed E-state index contributed by atoms with van der Waals surface area (Å²) in [5.74, 6) is 1.82. The second-order valence-electron chi connectivity index (χ2n) is 8.59. The number of aryl methyl sites for hydroxylation is 1. The second kappa shape index (κ2) is 8.26. The van der Waals surface area contributed by atoms with Crippen LogP contribution in [0, 0.1) is 5.82 Å². The molecular weight excluding hydrogens is 379 g/mol. The predicted octanol–water partition coefficient (Wildman–Crippen LogP) is 3.14. The van der Waals surface area contributed by atoms with Gasteiger partial charge in [0.15, 0.2) is 0 Å². The number of aromatic hydroxyl groups is 1. The highest BCUT2D eigenvalue weighted by Gasteiger charge is 2.36. The molecular formula is C24H29FN4O. The Kier molecular flexibility index (Phi) is 5.34. The molecule has 0 bridgehead atoms. The minimum Gasteiger partial charge on any atom is -0.508 e. The first-order valence-electron chi connectivity index (χ1n) is 11.0. The van der Waals surface area contributed by atoms with Gasteiger partial charge in [-0.25, -0.2) is 4.39 Å². The molecule has 2 aromatic rings. The molecule has 2 atom stereocenters. The zero-order chi connectivity index (χ0) is 20.5. The lowest BCUT2D eigenvalue weighted by atomic mass is 9.80. The Morgan fingerprint density at radius 2 is 1.93 bits per heavy atom. The summed E-state index contributed by atoms with van der Waals surface area (Å²) in [6.45, 7) is 5.32. The van der Waals surface area contributed by atoms with Crippen molar-refractivity contribution in [1.29, 1.82) is 0 Å². The third-order valence-electron chi connectivity index (χ3n) is 6.79. The molecule has 2 aromatic carbocycles. The lowest BCUT2D eigenvalue weighted by Crippen LogP contribution is -2.47. The lowest BCUT2D eigenvalue weighted by Gasteiger charge is -2.36. The van der Waals surface area contributed by atoms with Crippen LogP contribution in [0.2, 0.25) is 0 Å². The van der Waals surface area contributed by atoms with Gasteiger partial charge in [0.2, 0.25) is 0 Å². The highest BCUT2D eigenvalue weighted by Crippen LogP contribution is 2.39. The molecule has 0 saturated carbocycles. The van der Waals surface area contributed by atoms with Gasteiger partial charge < -0.3 is 15.3 Å². The van der Waals surface area contributed by atoms with Crippen LogP contribution in [0.1, 0.15) is 29.9 Å². The van der Waals surface area contributed by atoms with E-state index in [2.05, 4.69) is 21.2 Å². The molecule has 1 aliphatic carbocycles. The van der Waals surface area contributed by atoms with Crippen LogP contribution in [0.4, 0.5) is 10.1 Å². The topological polar surface area (TPSA) is 51.1 Å². The number of halogens is 1. The fourth-order valence-corrected chi connectivity index (χ4v) is 5.16. The van der Waals surface area contributed by atoms with Gasteiger partial charge in [-0.1, -0.05) is 18.2 Å². The first kappa shape index (κ1) is 19.4. The van der Waals surface area contributed by atoms with Crippen molar-refractivity contribution < 1.29 is 9.50 Å². The molecule has 2 fully saturated rings. The zero-order valence-electron chi connectivity index (χ0n) is 17.2. The third-order valence-corrected chi connectivity index (χ3v) is 6.79. The average molecular weight is 409 g/mol. The van der Waals surface area contributed by atoms with Crippen molar-refractivity contribution in [3.8, 4) is 5.75 Å².